The molecule has 126 valence electrons. The highest BCUT2D eigenvalue weighted by atomic mass is 35.5. The number of thiophene rings is 1. The van der Waals surface area contributed by atoms with Gasteiger partial charge in [0.05, 0.1) is 4.88 Å². The van der Waals surface area contributed by atoms with Gasteiger partial charge in [-0.15, -0.1) is 11.3 Å². The van der Waals surface area contributed by atoms with Gasteiger partial charge in [-0.05, 0) is 55.1 Å². The lowest BCUT2D eigenvalue weighted by atomic mass is 9.81. The predicted molar refractivity (Wildman–Crippen MR) is 99.5 cm³/mol. The summed E-state index contributed by atoms with van der Waals surface area (Å²) in [5.41, 5.74) is 7.33. The van der Waals surface area contributed by atoms with Crippen LogP contribution in [0, 0.1) is 11.3 Å². The Morgan fingerprint density at radius 1 is 1.29 bits per heavy atom. The number of hydrogen-bond acceptors (Lipinski definition) is 3. The van der Waals surface area contributed by atoms with Crippen LogP contribution in [0.3, 0.4) is 0 Å². The number of nitrogens with zero attached hydrogens (tertiary/aromatic N) is 1. The summed E-state index contributed by atoms with van der Waals surface area (Å²) in [6, 6.07) is 11.7. The van der Waals surface area contributed by atoms with Gasteiger partial charge in [0.25, 0.3) is 5.91 Å². The number of halogens is 1. The number of amides is 1. The van der Waals surface area contributed by atoms with Crippen LogP contribution >= 0.6 is 22.9 Å². The van der Waals surface area contributed by atoms with E-state index in [2.05, 4.69) is 0 Å². The summed E-state index contributed by atoms with van der Waals surface area (Å²) in [6.45, 7) is 2.38. The quantitative estimate of drug-likeness (QED) is 0.888. The highest BCUT2D eigenvalue weighted by Crippen LogP contribution is 2.48. The molecule has 1 aliphatic heterocycles. The summed E-state index contributed by atoms with van der Waals surface area (Å²) in [6.07, 6.45) is 3.63. The molecule has 0 bridgehead atoms. The maximum atomic E-state index is 12.9. The average molecular weight is 361 g/mol. The first-order valence-corrected chi connectivity index (χ1v) is 9.66. The molecule has 0 unspecified atom stereocenters. The van der Waals surface area contributed by atoms with Crippen LogP contribution in [0.4, 0.5) is 0 Å². The first kappa shape index (κ1) is 16.1. The van der Waals surface area contributed by atoms with E-state index in [0.29, 0.717) is 12.5 Å². The van der Waals surface area contributed by atoms with E-state index in [1.54, 1.807) is 11.3 Å². The molecule has 1 amide bonds. The second kappa shape index (κ2) is 6.17. The molecule has 0 spiro atoms. The fraction of sp³-hybridized carbons (Fsp3) is 0.421. The Balaban J connectivity index is 1.53. The third-order valence-corrected chi connectivity index (χ3v) is 7.05. The zero-order valence-electron chi connectivity index (χ0n) is 13.5. The Morgan fingerprint density at radius 3 is 2.79 bits per heavy atom. The SMILES string of the molecule is NC[C@]12CCC[C@H]1CN(C(=O)c1ccc(-c3ccc(Cl)cc3)s1)C2. The van der Waals surface area contributed by atoms with Crippen molar-refractivity contribution in [3.8, 4) is 10.4 Å². The Hall–Kier alpha value is -1.36. The molecular weight excluding hydrogens is 340 g/mol. The van der Waals surface area contributed by atoms with Crippen molar-refractivity contribution >= 4 is 28.8 Å². The van der Waals surface area contributed by atoms with E-state index in [-0.39, 0.29) is 11.3 Å². The minimum atomic E-state index is 0.155. The topological polar surface area (TPSA) is 46.3 Å². The molecule has 1 saturated heterocycles. The molecule has 1 aliphatic carbocycles. The molecule has 5 heteroatoms. The predicted octanol–water partition coefficient (Wildman–Crippen LogP) is 4.27. The Morgan fingerprint density at radius 2 is 2.08 bits per heavy atom. The van der Waals surface area contributed by atoms with Crippen molar-refractivity contribution in [2.24, 2.45) is 17.1 Å². The molecule has 4 rings (SSSR count). The van der Waals surface area contributed by atoms with E-state index < -0.39 is 0 Å². The molecule has 2 aliphatic rings. The summed E-state index contributed by atoms with van der Waals surface area (Å²) in [5, 5.41) is 0.724. The standard InChI is InChI=1S/C19H21ClN2OS/c20-15-5-3-13(4-6-15)16-7-8-17(24-16)18(23)22-10-14-2-1-9-19(14,11-21)12-22/h3-8,14H,1-2,9-12,21H2/t14-,19-/m0/s1. The van der Waals surface area contributed by atoms with Gasteiger partial charge in [0.15, 0.2) is 0 Å². The van der Waals surface area contributed by atoms with Gasteiger partial charge in [-0.25, -0.2) is 0 Å². The lowest BCUT2D eigenvalue weighted by Gasteiger charge is -2.26. The van der Waals surface area contributed by atoms with Crippen molar-refractivity contribution in [1.29, 1.82) is 0 Å². The highest BCUT2D eigenvalue weighted by molar-refractivity contribution is 7.17. The number of fused-ring (bicyclic) bond motifs is 1. The average Bonchev–Trinajstić information content (AvgIpc) is 3.28. The minimum Gasteiger partial charge on any atom is -0.337 e. The van der Waals surface area contributed by atoms with E-state index in [4.69, 9.17) is 17.3 Å². The van der Waals surface area contributed by atoms with Crippen LogP contribution in [0.2, 0.25) is 5.02 Å². The fourth-order valence-corrected chi connectivity index (χ4v) is 5.39. The van der Waals surface area contributed by atoms with E-state index in [0.717, 1.165) is 33.4 Å². The molecule has 2 N–H and O–H groups in total. The number of benzene rings is 1. The first-order valence-electron chi connectivity index (χ1n) is 8.46. The van der Waals surface area contributed by atoms with Gasteiger partial charge in [0.2, 0.25) is 0 Å². The lowest BCUT2D eigenvalue weighted by molar-refractivity contribution is 0.0775. The number of hydrogen-bond donors (Lipinski definition) is 1. The van der Waals surface area contributed by atoms with Crippen LogP contribution in [0.1, 0.15) is 28.9 Å². The van der Waals surface area contributed by atoms with Crippen LogP contribution in [0.25, 0.3) is 10.4 Å². The van der Waals surface area contributed by atoms with Crippen LogP contribution in [-0.4, -0.2) is 30.4 Å². The van der Waals surface area contributed by atoms with Crippen molar-refractivity contribution in [1.82, 2.24) is 4.90 Å². The zero-order valence-corrected chi connectivity index (χ0v) is 15.1. The van der Waals surface area contributed by atoms with Crippen molar-refractivity contribution in [3.05, 3.63) is 46.3 Å². The normalized spacial score (nSPS) is 25.9. The molecule has 1 aromatic carbocycles. The summed E-state index contributed by atoms with van der Waals surface area (Å²) in [7, 11) is 0. The summed E-state index contributed by atoms with van der Waals surface area (Å²) < 4.78 is 0. The molecular formula is C19H21ClN2OS. The number of likely N-dealkylation sites (tertiary alicyclic amines) is 1. The van der Waals surface area contributed by atoms with E-state index in [1.807, 2.05) is 41.3 Å². The van der Waals surface area contributed by atoms with Gasteiger partial charge >= 0.3 is 0 Å². The minimum absolute atomic E-state index is 0.155. The summed E-state index contributed by atoms with van der Waals surface area (Å²) in [4.78, 5) is 16.8. The van der Waals surface area contributed by atoms with Gasteiger partial charge in [-0.2, -0.15) is 0 Å². The third kappa shape index (κ3) is 2.67. The van der Waals surface area contributed by atoms with E-state index in [9.17, 15) is 4.79 Å². The summed E-state index contributed by atoms with van der Waals surface area (Å²) in [5.74, 6) is 0.740. The fourth-order valence-electron chi connectivity index (χ4n) is 4.28. The van der Waals surface area contributed by atoms with Crippen LogP contribution in [0.15, 0.2) is 36.4 Å². The van der Waals surface area contributed by atoms with Crippen molar-refractivity contribution in [2.45, 2.75) is 19.3 Å². The third-order valence-electron chi connectivity index (χ3n) is 5.68. The number of carbonyl (C=O) groups excluding carboxylic acids is 1. The Kier molecular flexibility index (Phi) is 4.15. The Labute approximate surface area is 151 Å². The maximum absolute atomic E-state index is 12.9. The van der Waals surface area contributed by atoms with Gasteiger partial charge in [0, 0.05) is 28.4 Å². The molecule has 3 nitrogen and oxygen atoms in total. The molecule has 2 atom stereocenters. The highest BCUT2D eigenvalue weighted by Gasteiger charge is 2.49. The van der Waals surface area contributed by atoms with Gasteiger partial charge < -0.3 is 10.6 Å². The zero-order chi connectivity index (χ0) is 16.7. The van der Waals surface area contributed by atoms with Crippen molar-refractivity contribution < 1.29 is 4.79 Å². The first-order chi connectivity index (χ1) is 11.6. The lowest BCUT2D eigenvalue weighted by Crippen LogP contribution is -2.36. The van der Waals surface area contributed by atoms with Crippen LogP contribution < -0.4 is 5.73 Å². The maximum Gasteiger partial charge on any atom is 0.263 e. The number of carbonyl (C=O) groups is 1. The Bertz CT molecular complexity index is 757. The van der Waals surface area contributed by atoms with Crippen LogP contribution in [-0.2, 0) is 0 Å². The number of nitrogens with two attached hydrogens (primary N) is 1. The second-order valence-corrected chi connectivity index (χ2v) is 8.53. The largest absolute Gasteiger partial charge is 0.337 e. The van der Waals surface area contributed by atoms with E-state index in [1.165, 1.54) is 19.3 Å². The molecule has 24 heavy (non-hydrogen) atoms. The molecule has 2 fully saturated rings. The van der Waals surface area contributed by atoms with Gasteiger partial charge in [-0.1, -0.05) is 30.2 Å². The van der Waals surface area contributed by atoms with E-state index >= 15 is 0 Å². The number of rotatable bonds is 3. The molecule has 1 saturated carbocycles. The molecule has 2 heterocycles. The second-order valence-electron chi connectivity index (χ2n) is 7.01. The monoisotopic (exact) mass is 360 g/mol. The molecule has 0 radical (unpaired) electrons. The molecule has 1 aromatic heterocycles. The molecule has 2 aromatic rings. The van der Waals surface area contributed by atoms with Crippen molar-refractivity contribution in [3.63, 3.8) is 0 Å². The van der Waals surface area contributed by atoms with Gasteiger partial charge in [0.1, 0.15) is 0 Å². The van der Waals surface area contributed by atoms with Gasteiger partial charge in [-0.3, -0.25) is 4.79 Å². The van der Waals surface area contributed by atoms with Crippen LogP contribution in [0.5, 0.6) is 0 Å². The smallest absolute Gasteiger partial charge is 0.263 e. The van der Waals surface area contributed by atoms with Crippen molar-refractivity contribution in [2.75, 3.05) is 19.6 Å². The summed E-state index contributed by atoms with van der Waals surface area (Å²) >= 11 is 7.50.